The highest BCUT2D eigenvalue weighted by Gasteiger charge is 2.49. The fraction of sp³-hybridized carbons (Fsp3) is 0.900. The summed E-state index contributed by atoms with van der Waals surface area (Å²) in [6.45, 7) is 1.18. The van der Waals surface area contributed by atoms with Crippen LogP contribution in [-0.2, 0) is 9.53 Å². The maximum absolute atomic E-state index is 13.7. The lowest BCUT2D eigenvalue weighted by atomic mass is 9.84. The van der Waals surface area contributed by atoms with Crippen LogP contribution >= 0.6 is 11.6 Å². The second-order valence-corrected chi connectivity index (χ2v) is 4.97. The van der Waals surface area contributed by atoms with Crippen molar-refractivity contribution < 1.29 is 23.4 Å². The summed E-state index contributed by atoms with van der Waals surface area (Å²) in [5.41, 5.74) is 0. The van der Waals surface area contributed by atoms with E-state index in [-0.39, 0.29) is 12.5 Å². The van der Waals surface area contributed by atoms with Gasteiger partial charge in [-0.15, -0.1) is 11.6 Å². The Hall–Kier alpha value is -0.460. The van der Waals surface area contributed by atoms with E-state index in [4.69, 9.17) is 21.4 Å². The molecule has 0 spiro atoms. The van der Waals surface area contributed by atoms with E-state index in [1.54, 1.807) is 0 Å². The predicted molar refractivity (Wildman–Crippen MR) is 56.7 cm³/mol. The van der Waals surface area contributed by atoms with Crippen LogP contribution < -0.4 is 5.32 Å². The van der Waals surface area contributed by atoms with Gasteiger partial charge in [0.2, 0.25) is 0 Å². The summed E-state index contributed by atoms with van der Waals surface area (Å²) in [6.07, 6.45) is -4.92. The van der Waals surface area contributed by atoms with Gasteiger partial charge in [-0.05, 0) is 6.42 Å². The maximum atomic E-state index is 13.7. The molecule has 2 aliphatic rings. The number of carbonyl (C=O) groups is 1. The monoisotopic (exact) mass is 269 g/mol. The molecule has 0 aromatic rings. The van der Waals surface area contributed by atoms with Crippen molar-refractivity contribution in [3.05, 3.63) is 0 Å². The summed E-state index contributed by atoms with van der Waals surface area (Å²) in [4.78, 5) is 10.7. The van der Waals surface area contributed by atoms with E-state index in [0.29, 0.717) is 13.1 Å². The molecule has 98 valence electrons. The molecule has 4 unspecified atom stereocenters. The molecular weight excluding hydrogens is 256 g/mol. The average molecular weight is 270 g/mol. The Bertz CT molecular complexity index is 303. The van der Waals surface area contributed by atoms with Crippen molar-refractivity contribution in [3.63, 3.8) is 0 Å². The molecule has 2 rings (SSSR count). The SMILES string of the molecule is O=C(O)C1C[C@H](F)C(OC2CNC2)C(Cl)C1F. The maximum Gasteiger partial charge on any atom is 0.309 e. The normalized spacial score (nSPS) is 43.1. The molecule has 1 aliphatic heterocycles. The van der Waals surface area contributed by atoms with Gasteiger partial charge in [-0.1, -0.05) is 0 Å². The van der Waals surface area contributed by atoms with Crippen LogP contribution in [0, 0.1) is 5.92 Å². The van der Waals surface area contributed by atoms with Gasteiger partial charge in [-0.3, -0.25) is 4.79 Å². The van der Waals surface area contributed by atoms with Gasteiger partial charge in [-0.25, -0.2) is 8.78 Å². The molecule has 1 saturated carbocycles. The Morgan fingerprint density at radius 2 is 2.06 bits per heavy atom. The van der Waals surface area contributed by atoms with Gasteiger partial charge >= 0.3 is 5.97 Å². The molecule has 0 radical (unpaired) electrons. The lowest BCUT2D eigenvalue weighted by Gasteiger charge is -2.40. The number of carboxylic acids is 1. The van der Waals surface area contributed by atoms with E-state index in [1.807, 2.05) is 0 Å². The summed E-state index contributed by atoms with van der Waals surface area (Å²) in [6, 6.07) is 0. The predicted octanol–water partition coefficient (Wildman–Crippen LogP) is 0.732. The first-order chi connectivity index (χ1) is 8.00. The van der Waals surface area contributed by atoms with Crippen molar-refractivity contribution in [3.8, 4) is 0 Å². The van der Waals surface area contributed by atoms with Crippen molar-refractivity contribution in [1.29, 1.82) is 0 Å². The van der Waals surface area contributed by atoms with Crippen molar-refractivity contribution in [1.82, 2.24) is 5.32 Å². The summed E-state index contributed by atoms with van der Waals surface area (Å²) in [5, 5.41) is 10.4. The molecule has 0 bridgehead atoms. The van der Waals surface area contributed by atoms with Crippen molar-refractivity contribution in [2.75, 3.05) is 13.1 Å². The molecule has 7 heteroatoms. The third kappa shape index (κ3) is 2.53. The summed E-state index contributed by atoms with van der Waals surface area (Å²) in [5.74, 6) is -2.73. The quantitative estimate of drug-likeness (QED) is 0.742. The molecule has 0 aromatic carbocycles. The number of carboxylic acid groups (broad SMARTS) is 1. The minimum atomic E-state index is -1.78. The molecule has 0 amide bonds. The second-order valence-electron chi connectivity index (χ2n) is 4.47. The van der Waals surface area contributed by atoms with Gasteiger partial charge in [0.05, 0.1) is 17.4 Å². The Balaban J connectivity index is 2.00. The summed E-state index contributed by atoms with van der Waals surface area (Å²) in [7, 11) is 0. The minimum absolute atomic E-state index is 0.159. The smallest absolute Gasteiger partial charge is 0.309 e. The number of ether oxygens (including phenoxy) is 1. The van der Waals surface area contributed by atoms with Crippen LogP contribution in [0.15, 0.2) is 0 Å². The van der Waals surface area contributed by atoms with Crippen LogP contribution in [0.4, 0.5) is 8.78 Å². The van der Waals surface area contributed by atoms with E-state index in [2.05, 4.69) is 5.32 Å². The highest BCUT2D eigenvalue weighted by molar-refractivity contribution is 6.21. The molecular formula is C10H14ClF2NO3. The third-order valence-electron chi connectivity index (χ3n) is 3.25. The highest BCUT2D eigenvalue weighted by atomic mass is 35.5. The van der Waals surface area contributed by atoms with E-state index in [0.717, 1.165) is 0 Å². The Labute approximate surface area is 102 Å². The van der Waals surface area contributed by atoms with Crippen LogP contribution in [0.5, 0.6) is 0 Å². The number of hydrogen-bond acceptors (Lipinski definition) is 3. The van der Waals surface area contributed by atoms with Gasteiger partial charge in [-0.2, -0.15) is 0 Å². The molecule has 1 aliphatic carbocycles. The number of hydrogen-bond donors (Lipinski definition) is 2. The van der Waals surface area contributed by atoms with Gasteiger partial charge in [0.1, 0.15) is 18.4 Å². The fourth-order valence-corrected chi connectivity index (χ4v) is 2.48. The topological polar surface area (TPSA) is 58.6 Å². The second kappa shape index (κ2) is 5.04. The molecule has 1 saturated heterocycles. The lowest BCUT2D eigenvalue weighted by Crippen LogP contribution is -2.57. The van der Waals surface area contributed by atoms with Gasteiger partial charge in [0, 0.05) is 13.1 Å². The van der Waals surface area contributed by atoms with Crippen molar-refractivity contribution in [2.24, 2.45) is 5.92 Å². The number of aliphatic carboxylic acids is 1. The van der Waals surface area contributed by atoms with Crippen LogP contribution in [0.25, 0.3) is 0 Å². The van der Waals surface area contributed by atoms with Crippen LogP contribution in [0.1, 0.15) is 6.42 Å². The van der Waals surface area contributed by atoms with E-state index in [1.165, 1.54) is 0 Å². The molecule has 1 heterocycles. The van der Waals surface area contributed by atoms with Crippen LogP contribution in [0.2, 0.25) is 0 Å². The minimum Gasteiger partial charge on any atom is -0.481 e. The number of rotatable bonds is 3. The molecule has 4 nitrogen and oxygen atoms in total. The number of nitrogens with one attached hydrogen (secondary N) is 1. The summed E-state index contributed by atoms with van der Waals surface area (Å²) < 4.78 is 32.8. The van der Waals surface area contributed by atoms with Gasteiger partial charge in [0.25, 0.3) is 0 Å². The summed E-state index contributed by atoms with van der Waals surface area (Å²) >= 11 is 5.77. The molecule has 2 N–H and O–H groups in total. The lowest BCUT2D eigenvalue weighted by molar-refractivity contribution is -0.153. The zero-order valence-corrected chi connectivity index (χ0v) is 9.74. The zero-order valence-electron chi connectivity index (χ0n) is 8.98. The molecule has 17 heavy (non-hydrogen) atoms. The molecule has 0 aromatic heterocycles. The number of halogens is 3. The standard InChI is InChI=1S/C10H14ClF2NO3/c11-7-8(13)5(10(15)16)1-6(12)9(7)17-4-2-14-3-4/h4-9,14H,1-3H2,(H,15,16)/t5?,6-,7?,8?,9?/m0/s1. The van der Waals surface area contributed by atoms with Crippen LogP contribution in [-0.4, -0.2) is 54.1 Å². The Kier molecular flexibility index (Phi) is 3.85. The van der Waals surface area contributed by atoms with Gasteiger partial charge < -0.3 is 15.2 Å². The van der Waals surface area contributed by atoms with E-state index >= 15 is 0 Å². The van der Waals surface area contributed by atoms with Gasteiger partial charge in [0.15, 0.2) is 0 Å². The first-order valence-corrected chi connectivity index (χ1v) is 5.95. The van der Waals surface area contributed by atoms with Crippen LogP contribution in [0.3, 0.4) is 0 Å². The van der Waals surface area contributed by atoms with Crippen molar-refractivity contribution >= 4 is 17.6 Å². The average Bonchev–Trinajstić information content (AvgIpc) is 2.20. The Morgan fingerprint density at radius 3 is 2.53 bits per heavy atom. The third-order valence-corrected chi connectivity index (χ3v) is 3.74. The molecule has 2 fully saturated rings. The first kappa shape index (κ1) is 13.0. The first-order valence-electron chi connectivity index (χ1n) is 5.52. The molecule has 5 atom stereocenters. The van der Waals surface area contributed by atoms with E-state index < -0.39 is 35.7 Å². The number of alkyl halides is 3. The van der Waals surface area contributed by atoms with Crippen molar-refractivity contribution in [2.45, 2.75) is 36.3 Å². The largest absolute Gasteiger partial charge is 0.481 e. The zero-order chi connectivity index (χ0) is 12.6. The highest BCUT2D eigenvalue weighted by Crippen LogP contribution is 2.35. The van der Waals surface area contributed by atoms with E-state index in [9.17, 15) is 13.6 Å². The fourth-order valence-electron chi connectivity index (χ4n) is 2.09. The Morgan fingerprint density at radius 1 is 1.41 bits per heavy atom.